The van der Waals surface area contributed by atoms with Crippen LogP contribution in [0.3, 0.4) is 0 Å². The normalized spacial score (nSPS) is 26.7. The Bertz CT molecular complexity index is 575. The van der Waals surface area contributed by atoms with E-state index in [0.29, 0.717) is 13.2 Å². The lowest BCUT2D eigenvalue weighted by atomic mass is 10.0. The van der Waals surface area contributed by atoms with Crippen molar-refractivity contribution in [3.05, 3.63) is 35.4 Å². The molecule has 0 saturated carbocycles. The van der Waals surface area contributed by atoms with Crippen LogP contribution in [-0.4, -0.2) is 74.4 Å². The molecule has 0 unspecified atom stereocenters. The highest BCUT2D eigenvalue weighted by molar-refractivity contribution is 5.96. The molecule has 0 bridgehead atoms. The molecular weight excluding hydrogens is 304 g/mol. The number of hydrogen-bond donors (Lipinski definition) is 0. The number of amides is 1. The van der Waals surface area contributed by atoms with Crippen molar-refractivity contribution in [2.75, 3.05) is 40.4 Å². The number of carbonyl (C=O) groups is 1. The maximum Gasteiger partial charge on any atom is 0.254 e. The molecule has 1 amide bonds. The van der Waals surface area contributed by atoms with E-state index in [9.17, 15) is 4.79 Å². The van der Waals surface area contributed by atoms with Crippen molar-refractivity contribution in [3.8, 4) is 0 Å². The van der Waals surface area contributed by atoms with Gasteiger partial charge in [0.15, 0.2) is 0 Å². The molecule has 0 aliphatic carbocycles. The highest BCUT2D eigenvalue weighted by Crippen LogP contribution is 2.32. The fourth-order valence-corrected chi connectivity index (χ4v) is 3.64. The fourth-order valence-electron chi connectivity index (χ4n) is 3.64. The first-order valence-electron chi connectivity index (χ1n) is 8.82. The Morgan fingerprint density at radius 3 is 2.92 bits per heavy atom. The monoisotopic (exact) mass is 332 g/mol. The van der Waals surface area contributed by atoms with Crippen LogP contribution in [0.2, 0.25) is 0 Å². The Morgan fingerprint density at radius 1 is 1.38 bits per heavy atom. The Morgan fingerprint density at radius 2 is 2.17 bits per heavy atom. The number of aryl methyl sites for hydroxylation is 1. The van der Waals surface area contributed by atoms with Crippen molar-refractivity contribution in [1.82, 2.24) is 9.80 Å². The van der Waals surface area contributed by atoms with Gasteiger partial charge in [0.25, 0.3) is 5.91 Å². The quantitative estimate of drug-likeness (QED) is 0.826. The zero-order valence-electron chi connectivity index (χ0n) is 14.9. The summed E-state index contributed by atoms with van der Waals surface area (Å²) in [5.41, 5.74) is 1.81. The van der Waals surface area contributed by atoms with Gasteiger partial charge in [0.05, 0.1) is 19.2 Å². The van der Waals surface area contributed by atoms with Crippen molar-refractivity contribution in [2.45, 2.75) is 38.0 Å². The zero-order chi connectivity index (χ0) is 17.1. The van der Waals surface area contributed by atoms with Crippen molar-refractivity contribution < 1.29 is 14.3 Å². The summed E-state index contributed by atoms with van der Waals surface area (Å²) in [5, 5.41) is 0. The van der Waals surface area contributed by atoms with Gasteiger partial charge in [-0.25, -0.2) is 0 Å². The SMILES string of the molecule is Cc1ccccc1C(=O)N1C[C@H](OCCN(C)C)[C@H]2OCCC[C@H]21. The standard InChI is InChI=1S/C19H28N2O3/c1-14-7-4-5-8-15(14)19(22)21-13-17(23-12-10-20(2)3)18-16(21)9-6-11-24-18/h4-5,7-8,16-18H,6,9-13H2,1-3H3/t16-,17+,18+/m1/s1. The lowest BCUT2D eigenvalue weighted by Gasteiger charge is -2.32. The van der Waals surface area contributed by atoms with Crippen LogP contribution in [0.25, 0.3) is 0 Å². The van der Waals surface area contributed by atoms with Crippen LogP contribution in [-0.2, 0) is 9.47 Å². The predicted octanol–water partition coefficient (Wildman–Crippen LogP) is 1.95. The van der Waals surface area contributed by atoms with E-state index in [1.165, 1.54) is 0 Å². The third kappa shape index (κ3) is 3.63. The van der Waals surface area contributed by atoms with E-state index < -0.39 is 0 Å². The van der Waals surface area contributed by atoms with E-state index in [1.807, 2.05) is 50.2 Å². The summed E-state index contributed by atoms with van der Waals surface area (Å²) in [5.74, 6) is 0.104. The van der Waals surface area contributed by atoms with Gasteiger partial charge in [0, 0.05) is 18.7 Å². The van der Waals surface area contributed by atoms with Gasteiger partial charge < -0.3 is 19.3 Å². The first kappa shape index (κ1) is 17.4. The van der Waals surface area contributed by atoms with Gasteiger partial charge in [-0.15, -0.1) is 0 Å². The maximum absolute atomic E-state index is 13.1. The van der Waals surface area contributed by atoms with E-state index in [4.69, 9.17) is 9.47 Å². The molecule has 0 radical (unpaired) electrons. The summed E-state index contributed by atoms with van der Waals surface area (Å²) in [6.45, 7) is 4.91. The van der Waals surface area contributed by atoms with E-state index in [1.54, 1.807) is 0 Å². The highest BCUT2D eigenvalue weighted by Gasteiger charge is 2.46. The van der Waals surface area contributed by atoms with E-state index >= 15 is 0 Å². The minimum atomic E-state index is -0.0248. The molecule has 2 fully saturated rings. The first-order valence-corrected chi connectivity index (χ1v) is 8.82. The van der Waals surface area contributed by atoms with Crippen LogP contribution in [0.15, 0.2) is 24.3 Å². The average Bonchev–Trinajstić information content (AvgIpc) is 2.93. The molecule has 2 saturated heterocycles. The average molecular weight is 332 g/mol. The molecule has 2 aliphatic heterocycles. The van der Waals surface area contributed by atoms with Crippen LogP contribution in [0.5, 0.6) is 0 Å². The number of likely N-dealkylation sites (N-methyl/N-ethyl adjacent to an activating group) is 1. The van der Waals surface area contributed by atoms with Gasteiger partial charge in [-0.1, -0.05) is 18.2 Å². The first-order chi connectivity index (χ1) is 11.6. The molecule has 3 rings (SSSR count). The molecule has 5 nitrogen and oxygen atoms in total. The second-order valence-electron chi connectivity index (χ2n) is 7.03. The third-order valence-corrected chi connectivity index (χ3v) is 4.98. The van der Waals surface area contributed by atoms with E-state index in [-0.39, 0.29) is 24.2 Å². The Hall–Kier alpha value is -1.43. The number of nitrogens with zero attached hydrogens (tertiary/aromatic N) is 2. The molecule has 132 valence electrons. The summed E-state index contributed by atoms with van der Waals surface area (Å²) in [7, 11) is 4.07. The lowest BCUT2D eigenvalue weighted by molar-refractivity contribution is -0.0776. The summed E-state index contributed by atoms with van der Waals surface area (Å²) in [6.07, 6.45) is 1.98. The van der Waals surface area contributed by atoms with Crippen molar-refractivity contribution in [3.63, 3.8) is 0 Å². The number of fused-ring (bicyclic) bond motifs is 1. The fraction of sp³-hybridized carbons (Fsp3) is 0.632. The van der Waals surface area contributed by atoms with Crippen LogP contribution in [0.1, 0.15) is 28.8 Å². The molecule has 2 heterocycles. The summed E-state index contributed by atoms with van der Waals surface area (Å²) < 4.78 is 12.1. The number of rotatable bonds is 5. The van der Waals surface area contributed by atoms with E-state index in [2.05, 4.69) is 4.90 Å². The van der Waals surface area contributed by atoms with Gasteiger partial charge in [-0.2, -0.15) is 0 Å². The van der Waals surface area contributed by atoms with Gasteiger partial charge in [0.2, 0.25) is 0 Å². The van der Waals surface area contributed by atoms with Gasteiger partial charge in [-0.3, -0.25) is 4.79 Å². The molecular formula is C19H28N2O3. The van der Waals surface area contributed by atoms with Gasteiger partial charge in [0.1, 0.15) is 12.2 Å². The predicted molar refractivity (Wildman–Crippen MR) is 93.3 cm³/mol. The molecule has 2 aliphatic rings. The molecule has 0 aromatic heterocycles. The number of benzene rings is 1. The van der Waals surface area contributed by atoms with Gasteiger partial charge >= 0.3 is 0 Å². The largest absolute Gasteiger partial charge is 0.373 e. The highest BCUT2D eigenvalue weighted by atomic mass is 16.5. The Balaban J connectivity index is 1.73. The van der Waals surface area contributed by atoms with Crippen LogP contribution in [0, 0.1) is 6.92 Å². The van der Waals surface area contributed by atoms with Crippen LogP contribution in [0.4, 0.5) is 0 Å². The Kier molecular flexibility index (Phi) is 5.54. The van der Waals surface area contributed by atoms with Gasteiger partial charge in [-0.05, 0) is 45.5 Å². The van der Waals surface area contributed by atoms with Crippen LogP contribution < -0.4 is 0 Å². The minimum Gasteiger partial charge on any atom is -0.373 e. The summed E-state index contributed by atoms with van der Waals surface area (Å²) in [6, 6.07) is 7.93. The molecule has 1 aromatic rings. The van der Waals surface area contributed by atoms with E-state index in [0.717, 1.165) is 37.1 Å². The minimum absolute atomic E-state index is 0.00822. The second-order valence-corrected chi connectivity index (χ2v) is 7.03. The molecule has 0 spiro atoms. The van der Waals surface area contributed by atoms with Crippen molar-refractivity contribution in [1.29, 1.82) is 0 Å². The summed E-state index contributed by atoms with van der Waals surface area (Å²) >= 11 is 0. The molecule has 3 atom stereocenters. The maximum atomic E-state index is 13.1. The zero-order valence-corrected chi connectivity index (χ0v) is 14.9. The Labute approximate surface area is 144 Å². The third-order valence-electron chi connectivity index (χ3n) is 4.98. The molecule has 24 heavy (non-hydrogen) atoms. The molecule has 5 heteroatoms. The molecule has 0 N–H and O–H groups in total. The smallest absolute Gasteiger partial charge is 0.254 e. The number of carbonyl (C=O) groups excluding carboxylic acids is 1. The number of hydrogen-bond acceptors (Lipinski definition) is 4. The van der Waals surface area contributed by atoms with Crippen molar-refractivity contribution >= 4 is 5.91 Å². The van der Waals surface area contributed by atoms with Crippen molar-refractivity contribution in [2.24, 2.45) is 0 Å². The second kappa shape index (κ2) is 7.64. The number of ether oxygens (including phenoxy) is 2. The summed E-state index contributed by atoms with van der Waals surface area (Å²) in [4.78, 5) is 17.1. The molecule has 1 aromatic carbocycles. The lowest BCUT2D eigenvalue weighted by Crippen LogP contribution is -2.44. The topological polar surface area (TPSA) is 42.0 Å². The number of likely N-dealkylation sites (tertiary alicyclic amines) is 1. The van der Waals surface area contributed by atoms with Crippen LogP contribution >= 0.6 is 0 Å².